The van der Waals surface area contributed by atoms with Crippen molar-refractivity contribution in [1.29, 1.82) is 0 Å². The molecule has 0 atom stereocenters. The van der Waals surface area contributed by atoms with E-state index in [0.717, 1.165) is 0 Å². The lowest BCUT2D eigenvalue weighted by Gasteiger charge is -2.18. The van der Waals surface area contributed by atoms with Crippen LogP contribution in [0.25, 0.3) is 117 Å². The van der Waals surface area contributed by atoms with Crippen molar-refractivity contribution < 1.29 is 0 Å². The Morgan fingerprint density at radius 1 is 0.278 bits per heavy atom. The second kappa shape index (κ2) is 11.6. The standard InChI is InChI=1S/C52H30S2/c1-2-12-34-27-37(26-21-31(34)11-1)49-41-18-7-5-16-39(41)48(40-17-6-8-19-42(40)49)33-24-22-32(23-25-33)43-30-44-38-15-9-10-20-46(38)53-52(44)50-45-28-35-13-3-4-14-36(35)29-47(45)54-51(43)50/h1-30H. The van der Waals surface area contributed by atoms with Gasteiger partial charge in [0.15, 0.2) is 0 Å². The molecule has 12 rings (SSSR count). The molecule has 2 heteroatoms. The van der Waals surface area contributed by atoms with Crippen molar-refractivity contribution in [3.8, 4) is 33.4 Å². The number of fused-ring (bicyclic) bond motifs is 11. The SMILES string of the molecule is c1ccc2cc(-c3c4ccccc4c(-c4ccc(-c5cc6c7ccccc7sc6c6c5sc5cc7ccccc7cc56)cc4)c4ccccc34)ccc2c1. The molecule has 0 bridgehead atoms. The molecule has 0 spiro atoms. The summed E-state index contributed by atoms with van der Waals surface area (Å²) in [5, 5.41) is 15.6. The van der Waals surface area contributed by atoms with Gasteiger partial charge in [-0.1, -0.05) is 152 Å². The van der Waals surface area contributed by atoms with Crippen molar-refractivity contribution >= 4 is 106 Å². The lowest BCUT2D eigenvalue weighted by atomic mass is 9.85. The van der Waals surface area contributed by atoms with E-state index in [1.54, 1.807) is 0 Å². The minimum atomic E-state index is 1.23. The summed E-state index contributed by atoms with van der Waals surface area (Å²) >= 11 is 3.86. The summed E-state index contributed by atoms with van der Waals surface area (Å²) in [5.41, 5.74) is 7.62. The summed E-state index contributed by atoms with van der Waals surface area (Å²) in [6.07, 6.45) is 0. The zero-order valence-corrected chi connectivity index (χ0v) is 30.8. The monoisotopic (exact) mass is 718 g/mol. The van der Waals surface area contributed by atoms with Gasteiger partial charge in [-0.15, -0.1) is 22.7 Å². The van der Waals surface area contributed by atoms with Crippen molar-refractivity contribution in [1.82, 2.24) is 0 Å². The van der Waals surface area contributed by atoms with Gasteiger partial charge in [-0.05, 0) is 101 Å². The number of hydrogen-bond donors (Lipinski definition) is 0. The van der Waals surface area contributed by atoms with Crippen LogP contribution in [0.2, 0.25) is 0 Å². The quantitative estimate of drug-likeness (QED) is 0.160. The van der Waals surface area contributed by atoms with Crippen LogP contribution in [0.1, 0.15) is 0 Å². The molecule has 0 saturated carbocycles. The van der Waals surface area contributed by atoms with Crippen LogP contribution >= 0.6 is 22.7 Å². The first-order valence-corrected chi connectivity index (χ1v) is 20.1. The Morgan fingerprint density at radius 3 is 1.46 bits per heavy atom. The molecule has 0 fully saturated rings. The van der Waals surface area contributed by atoms with Crippen LogP contribution in [0.4, 0.5) is 0 Å². The van der Waals surface area contributed by atoms with E-state index < -0.39 is 0 Å². The molecule has 0 N–H and O–H groups in total. The molecule has 0 saturated heterocycles. The molecular formula is C52H30S2. The van der Waals surface area contributed by atoms with E-state index in [-0.39, 0.29) is 0 Å². The smallest absolute Gasteiger partial charge is 0.0449 e. The zero-order chi connectivity index (χ0) is 35.3. The van der Waals surface area contributed by atoms with E-state index in [4.69, 9.17) is 0 Å². The molecule has 0 aliphatic rings. The Hall–Kier alpha value is -6.32. The van der Waals surface area contributed by atoms with Crippen LogP contribution in [0.15, 0.2) is 182 Å². The number of hydrogen-bond acceptors (Lipinski definition) is 2. The minimum absolute atomic E-state index is 1.23. The first-order valence-electron chi connectivity index (χ1n) is 18.5. The van der Waals surface area contributed by atoms with E-state index in [0.29, 0.717) is 0 Å². The van der Waals surface area contributed by atoms with E-state index in [1.165, 1.54) is 117 Å². The Morgan fingerprint density at radius 2 is 0.778 bits per heavy atom. The highest BCUT2D eigenvalue weighted by atomic mass is 32.1. The fraction of sp³-hybridized carbons (Fsp3) is 0. The van der Waals surface area contributed by atoms with Crippen LogP contribution in [0.3, 0.4) is 0 Å². The lowest BCUT2D eigenvalue weighted by molar-refractivity contribution is 1.65. The Bertz CT molecular complexity index is 3430. The molecule has 2 heterocycles. The molecule has 54 heavy (non-hydrogen) atoms. The third kappa shape index (κ3) is 4.42. The normalized spacial score (nSPS) is 12.1. The highest BCUT2D eigenvalue weighted by Gasteiger charge is 2.20. The van der Waals surface area contributed by atoms with Gasteiger partial charge in [0.2, 0.25) is 0 Å². The van der Waals surface area contributed by atoms with Gasteiger partial charge in [-0.25, -0.2) is 0 Å². The minimum Gasteiger partial charge on any atom is -0.134 e. The molecule has 12 aromatic rings. The van der Waals surface area contributed by atoms with Crippen LogP contribution in [-0.2, 0) is 0 Å². The highest BCUT2D eigenvalue weighted by molar-refractivity contribution is 7.30. The zero-order valence-electron chi connectivity index (χ0n) is 29.1. The maximum Gasteiger partial charge on any atom is 0.0449 e. The fourth-order valence-corrected chi connectivity index (χ4v) is 11.5. The van der Waals surface area contributed by atoms with Crippen LogP contribution in [0, 0.1) is 0 Å². The van der Waals surface area contributed by atoms with Gasteiger partial charge in [-0.2, -0.15) is 0 Å². The lowest BCUT2D eigenvalue weighted by Crippen LogP contribution is -1.91. The average molecular weight is 719 g/mol. The number of thiophene rings is 2. The summed E-state index contributed by atoms with van der Waals surface area (Å²) in [7, 11) is 0. The van der Waals surface area contributed by atoms with E-state index in [1.807, 2.05) is 22.7 Å². The topological polar surface area (TPSA) is 0 Å². The van der Waals surface area contributed by atoms with Gasteiger partial charge in [-0.3, -0.25) is 0 Å². The first kappa shape index (κ1) is 30.2. The van der Waals surface area contributed by atoms with Crippen molar-refractivity contribution in [2.45, 2.75) is 0 Å². The molecule has 0 radical (unpaired) electrons. The summed E-state index contributed by atoms with van der Waals surface area (Å²) in [6.45, 7) is 0. The Balaban J connectivity index is 1.09. The average Bonchev–Trinajstić information content (AvgIpc) is 3.79. The van der Waals surface area contributed by atoms with Crippen molar-refractivity contribution in [3.63, 3.8) is 0 Å². The maximum absolute atomic E-state index is 2.46. The molecule has 0 unspecified atom stereocenters. The highest BCUT2D eigenvalue weighted by Crippen LogP contribution is 2.50. The van der Waals surface area contributed by atoms with E-state index in [9.17, 15) is 0 Å². The number of rotatable bonds is 3. The molecule has 10 aromatic carbocycles. The first-order chi connectivity index (χ1) is 26.8. The van der Waals surface area contributed by atoms with Crippen molar-refractivity contribution in [3.05, 3.63) is 182 Å². The van der Waals surface area contributed by atoms with E-state index in [2.05, 4.69) is 182 Å². The predicted octanol–water partition coefficient (Wildman–Crippen LogP) is 16.0. The van der Waals surface area contributed by atoms with Gasteiger partial charge in [0.1, 0.15) is 0 Å². The molecule has 2 aromatic heterocycles. The fourth-order valence-electron chi connectivity index (χ4n) is 8.93. The van der Waals surface area contributed by atoms with Crippen LogP contribution in [-0.4, -0.2) is 0 Å². The van der Waals surface area contributed by atoms with Gasteiger partial charge < -0.3 is 0 Å². The molecule has 0 nitrogen and oxygen atoms in total. The van der Waals surface area contributed by atoms with Crippen molar-refractivity contribution in [2.24, 2.45) is 0 Å². The van der Waals surface area contributed by atoms with Crippen molar-refractivity contribution in [2.75, 3.05) is 0 Å². The summed E-state index contributed by atoms with van der Waals surface area (Å²) in [6, 6.07) is 67.8. The Labute approximate surface area is 319 Å². The summed E-state index contributed by atoms with van der Waals surface area (Å²) in [5.74, 6) is 0. The molecule has 0 amide bonds. The molecular weight excluding hydrogens is 689 g/mol. The largest absolute Gasteiger partial charge is 0.134 e. The van der Waals surface area contributed by atoms with Gasteiger partial charge in [0.05, 0.1) is 0 Å². The second-order valence-electron chi connectivity index (χ2n) is 14.4. The molecule has 250 valence electrons. The van der Waals surface area contributed by atoms with Crippen LogP contribution < -0.4 is 0 Å². The maximum atomic E-state index is 2.46. The Kier molecular flexibility index (Phi) is 6.48. The number of benzene rings is 10. The third-order valence-corrected chi connectivity index (χ3v) is 13.8. The van der Waals surface area contributed by atoms with Gasteiger partial charge in [0, 0.05) is 45.9 Å². The second-order valence-corrected chi connectivity index (χ2v) is 16.5. The predicted molar refractivity (Wildman–Crippen MR) is 239 cm³/mol. The third-order valence-electron chi connectivity index (χ3n) is 11.4. The van der Waals surface area contributed by atoms with Gasteiger partial charge in [0.25, 0.3) is 0 Å². The molecule has 0 aliphatic heterocycles. The van der Waals surface area contributed by atoms with E-state index >= 15 is 0 Å². The summed E-state index contributed by atoms with van der Waals surface area (Å²) < 4.78 is 5.43. The molecule has 0 aliphatic carbocycles. The van der Waals surface area contributed by atoms with Gasteiger partial charge >= 0.3 is 0 Å². The summed E-state index contributed by atoms with van der Waals surface area (Å²) in [4.78, 5) is 0. The van der Waals surface area contributed by atoms with Crippen LogP contribution in [0.5, 0.6) is 0 Å².